The Kier molecular flexibility index (Phi) is 4.19. The monoisotopic (exact) mass is 383 g/mol. The van der Waals surface area contributed by atoms with Crippen molar-refractivity contribution < 1.29 is 4.42 Å². The molecule has 0 saturated heterocycles. The predicted octanol–water partition coefficient (Wildman–Crippen LogP) is 4.98. The summed E-state index contributed by atoms with van der Waals surface area (Å²) < 4.78 is 5.69. The number of pyridine rings is 1. The maximum atomic E-state index is 5.69. The molecule has 6 nitrogen and oxygen atoms in total. The van der Waals surface area contributed by atoms with Crippen molar-refractivity contribution in [1.82, 2.24) is 24.9 Å². The van der Waals surface area contributed by atoms with Crippen molar-refractivity contribution in [2.75, 3.05) is 0 Å². The molecule has 28 heavy (non-hydrogen) atoms. The van der Waals surface area contributed by atoms with E-state index in [1.807, 2.05) is 47.8 Å². The standard InChI is InChI=1S/C21H13N5OS/c1-2-8-23-14(5-1)19-18(15-13-22-9-10-24-15)20(16-6-3-11-27-16)26-21(25-19)17-7-4-12-28-17/h1-13H. The SMILES string of the molecule is c1ccc(-c2nc(-c3cccs3)nc(-c3ccco3)c2-c2cnccn2)nc1. The summed E-state index contributed by atoms with van der Waals surface area (Å²) in [4.78, 5) is 23.9. The summed E-state index contributed by atoms with van der Waals surface area (Å²) in [7, 11) is 0. The Labute approximate surface area is 164 Å². The molecule has 0 aliphatic rings. The summed E-state index contributed by atoms with van der Waals surface area (Å²) in [6.07, 6.45) is 8.36. The van der Waals surface area contributed by atoms with Gasteiger partial charge in [-0.15, -0.1) is 11.3 Å². The molecule has 0 aliphatic heterocycles. The highest BCUT2D eigenvalue weighted by Gasteiger charge is 2.23. The van der Waals surface area contributed by atoms with Crippen LogP contribution in [0.15, 0.2) is 83.3 Å². The predicted molar refractivity (Wildman–Crippen MR) is 107 cm³/mol. The summed E-state index contributed by atoms with van der Waals surface area (Å²) in [5, 5.41) is 2.00. The Hall–Kier alpha value is -3.71. The molecule has 0 fully saturated rings. The Morgan fingerprint density at radius 3 is 2.43 bits per heavy atom. The second-order valence-electron chi connectivity index (χ2n) is 5.88. The van der Waals surface area contributed by atoms with Crippen LogP contribution in [-0.4, -0.2) is 24.9 Å². The van der Waals surface area contributed by atoms with Crippen LogP contribution < -0.4 is 0 Å². The van der Waals surface area contributed by atoms with E-state index in [2.05, 4.69) is 15.0 Å². The molecule has 0 radical (unpaired) electrons. The van der Waals surface area contributed by atoms with Gasteiger partial charge in [0.1, 0.15) is 11.4 Å². The normalized spacial score (nSPS) is 10.9. The molecule has 0 aromatic carbocycles. The Morgan fingerprint density at radius 2 is 1.71 bits per heavy atom. The van der Waals surface area contributed by atoms with E-state index < -0.39 is 0 Å². The molecular formula is C21H13N5OS. The maximum Gasteiger partial charge on any atom is 0.170 e. The van der Waals surface area contributed by atoms with Gasteiger partial charge in [-0.05, 0) is 35.7 Å². The van der Waals surface area contributed by atoms with E-state index in [0.29, 0.717) is 28.7 Å². The average Bonchev–Trinajstić information content (AvgIpc) is 3.48. The maximum absolute atomic E-state index is 5.69. The van der Waals surface area contributed by atoms with Crippen LogP contribution in [0.3, 0.4) is 0 Å². The average molecular weight is 383 g/mol. The number of nitrogens with zero attached hydrogens (tertiary/aromatic N) is 5. The first-order valence-electron chi connectivity index (χ1n) is 8.58. The fourth-order valence-electron chi connectivity index (χ4n) is 2.93. The van der Waals surface area contributed by atoms with Crippen molar-refractivity contribution >= 4 is 11.3 Å². The van der Waals surface area contributed by atoms with Gasteiger partial charge < -0.3 is 4.42 Å². The Morgan fingerprint density at radius 1 is 0.786 bits per heavy atom. The number of hydrogen-bond acceptors (Lipinski definition) is 7. The minimum absolute atomic E-state index is 0.620. The topological polar surface area (TPSA) is 77.6 Å². The lowest BCUT2D eigenvalue weighted by atomic mass is 10.0. The summed E-state index contributed by atoms with van der Waals surface area (Å²) in [5.74, 6) is 1.26. The molecular weight excluding hydrogens is 370 g/mol. The first kappa shape index (κ1) is 16.5. The highest BCUT2D eigenvalue weighted by molar-refractivity contribution is 7.13. The van der Waals surface area contributed by atoms with Crippen molar-refractivity contribution in [3.8, 4) is 44.8 Å². The summed E-state index contributed by atoms with van der Waals surface area (Å²) in [6.45, 7) is 0. The van der Waals surface area contributed by atoms with E-state index in [4.69, 9.17) is 14.4 Å². The largest absolute Gasteiger partial charge is 0.463 e. The van der Waals surface area contributed by atoms with Gasteiger partial charge in [-0.2, -0.15) is 0 Å². The van der Waals surface area contributed by atoms with Crippen LogP contribution in [0.4, 0.5) is 0 Å². The van der Waals surface area contributed by atoms with Gasteiger partial charge in [0.05, 0.1) is 34.3 Å². The molecule has 5 aromatic rings. The minimum Gasteiger partial charge on any atom is -0.463 e. The van der Waals surface area contributed by atoms with Crippen LogP contribution in [0.25, 0.3) is 44.8 Å². The second-order valence-corrected chi connectivity index (χ2v) is 6.83. The number of thiophene rings is 1. The van der Waals surface area contributed by atoms with E-state index in [0.717, 1.165) is 16.1 Å². The molecule has 0 aliphatic carbocycles. The zero-order valence-corrected chi connectivity index (χ0v) is 15.4. The van der Waals surface area contributed by atoms with Crippen LogP contribution in [0.5, 0.6) is 0 Å². The lowest BCUT2D eigenvalue weighted by molar-refractivity contribution is 0.580. The van der Waals surface area contributed by atoms with Crippen LogP contribution in [-0.2, 0) is 0 Å². The number of furan rings is 1. The highest BCUT2D eigenvalue weighted by Crippen LogP contribution is 2.38. The van der Waals surface area contributed by atoms with Gasteiger partial charge in [-0.3, -0.25) is 15.0 Å². The molecule has 0 N–H and O–H groups in total. The van der Waals surface area contributed by atoms with Crippen LogP contribution in [0.2, 0.25) is 0 Å². The van der Waals surface area contributed by atoms with Crippen molar-refractivity contribution in [2.45, 2.75) is 0 Å². The fraction of sp³-hybridized carbons (Fsp3) is 0. The molecule has 0 atom stereocenters. The molecule has 0 saturated carbocycles. The fourth-order valence-corrected chi connectivity index (χ4v) is 3.58. The zero-order chi connectivity index (χ0) is 18.8. The van der Waals surface area contributed by atoms with Crippen molar-refractivity contribution in [3.63, 3.8) is 0 Å². The molecule has 0 amide bonds. The molecule has 5 rings (SSSR count). The smallest absolute Gasteiger partial charge is 0.170 e. The lowest BCUT2D eigenvalue weighted by Crippen LogP contribution is -2.01. The van der Waals surface area contributed by atoms with E-state index in [1.165, 1.54) is 0 Å². The molecule has 0 bridgehead atoms. The number of rotatable bonds is 4. The van der Waals surface area contributed by atoms with Gasteiger partial charge in [0, 0.05) is 18.6 Å². The Balaban J connectivity index is 1.87. The quantitative estimate of drug-likeness (QED) is 0.435. The van der Waals surface area contributed by atoms with E-state index in [1.54, 1.807) is 42.4 Å². The van der Waals surface area contributed by atoms with Gasteiger partial charge in [0.2, 0.25) is 0 Å². The van der Waals surface area contributed by atoms with Crippen LogP contribution in [0.1, 0.15) is 0 Å². The molecule has 7 heteroatoms. The molecule has 5 aromatic heterocycles. The number of aromatic nitrogens is 5. The number of hydrogen-bond donors (Lipinski definition) is 0. The van der Waals surface area contributed by atoms with E-state index in [-0.39, 0.29) is 0 Å². The molecule has 0 spiro atoms. The minimum atomic E-state index is 0.620. The first-order valence-corrected chi connectivity index (χ1v) is 9.46. The summed E-state index contributed by atoms with van der Waals surface area (Å²) in [6, 6.07) is 13.4. The molecule has 5 heterocycles. The van der Waals surface area contributed by atoms with E-state index >= 15 is 0 Å². The van der Waals surface area contributed by atoms with Gasteiger partial charge >= 0.3 is 0 Å². The third kappa shape index (κ3) is 2.97. The van der Waals surface area contributed by atoms with Crippen molar-refractivity contribution in [3.05, 3.63) is 78.9 Å². The van der Waals surface area contributed by atoms with E-state index in [9.17, 15) is 0 Å². The van der Waals surface area contributed by atoms with Gasteiger partial charge in [0.25, 0.3) is 0 Å². The van der Waals surface area contributed by atoms with Gasteiger partial charge in [-0.1, -0.05) is 12.1 Å². The first-order chi connectivity index (χ1) is 13.9. The van der Waals surface area contributed by atoms with Crippen LogP contribution in [0, 0.1) is 0 Å². The molecule has 0 unspecified atom stereocenters. The third-order valence-electron chi connectivity index (χ3n) is 4.13. The zero-order valence-electron chi connectivity index (χ0n) is 14.6. The summed E-state index contributed by atoms with van der Waals surface area (Å²) >= 11 is 1.58. The molecule has 134 valence electrons. The highest BCUT2D eigenvalue weighted by atomic mass is 32.1. The second kappa shape index (κ2) is 7.13. The van der Waals surface area contributed by atoms with Crippen molar-refractivity contribution in [1.29, 1.82) is 0 Å². The Bertz CT molecular complexity index is 1190. The van der Waals surface area contributed by atoms with Crippen LogP contribution >= 0.6 is 11.3 Å². The third-order valence-corrected chi connectivity index (χ3v) is 5.00. The lowest BCUT2D eigenvalue weighted by Gasteiger charge is -2.13. The van der Waals surface area contributed by atoms with Gasteiger partial charge in [-0.25, -0.2) is 9.97 Å². The van der Waals surface area contributed by atoms with Gasteiger partial charge in [0.15, 0.2) is 11.6 Å². The van der Waals surface area contributed by atoms with Crippen molar-refractivity contribution in [2.24, 2.45) is 0 Å². The summed E-state index contributed by atoms with van der Waals surface area (Å²) in [5.41, 5.74) is 3.47.